The van der Waals surface area contributed by atoms with Gasteiger partial charge in [-0.1, -0.05) is 41.1 Å². The lowest BCUT2D eigenvalue weighted by Gasteiger charge is -2.18. The lowest BCUT2D eigenvalue weighted by molar-refractivity contribution is -0.123. The molecule has 1 amide bonds. The van der Waals surface area contributed by atoms with Crippen LogP contribution in [0.3, 0.4) is 0 Å². The van der Waals surface area contributed by atoms with Gasteiger partial charge < -0.3 is 11.1 Å². The van der Waals surface area contributed by atoms with Crippen LogP contribution in [0.1, 0.15) is 31.9 Å². The SMILES string of the molecule is CC[C@H](N)C(=O)N[C@H](C)c1ccccc1Br. The van der Waals surface area contributed by atoms with E-state index in [4.69, 9.17) is 5.73 Å². The van der Waals surface area contributed by atoms with Crippen molar-refractivity contribution in [2.24, 2.45) is 5.73 Å². The van der Waals surface area contributed by atoms with Crippen LogP contribution >= 0.6 is 15.9 Å². The minimum Gasteiger partial charge on any atom is -0.348 e. The predicted molar refractivity (Wildman–Crippen MR) is 69.0 cm³/mol. The molecule has 1 rings (SSSR count). The third kappa shape index (κ3) is 3.32. The minimum absolute atomic E-state index is 0.0410. The van der Waals surface area contributed by atoms with Crippen molar-refractivity contribution in [2.75, 3.05) is 0 Å². The maximum absolute atomic E-state index is 11.6. The van der Waals surface area contributed by atoms with E-state index in [1.165, 1.54) is 0 Å². The van der Waals surface area contributed by atoms with Crippen molar-refractivity contribution in [3.05, 3.63) is 34.3 Å². The number of carbonyl (C=O) groups excluding carboxylic acids is 1. The van der Waals surface area contributed by atoms with Gasteiger partial charge in [-0.25, -0.2) is 0 Å². The van der Waals surface area contributed by atoms with E-state index >= 15 is 0 Å². The second-order valence-electron chi connectivity index (χ2n) is 3.77. The Morgan fingerprint density at radius 2 is 2.12 bits per heavy atom. The predicted octanol–water partition coefficient (Wildman–Crippen LogP) is 2.36. The highest BCUT2D eigenvalue weighted by molar-refractivity contribution is 9.10. The summed E-state index contributed by atoms with van der Waals surface area (Å²) in [6, 6.07) is 7.36. The molecular weight excluding hydrogens is 268 g/mol. The zero-order valence-electron chi connectivity index (χ0n) is 9.53. The van der Waals surface area contributed by atoms with E-state index in [1.807, 2.05) is 38.1 Å². The van der Waals surface area contributed by atoms with Crippen LogP contribution in [-0.2, 0) is 4.79 Å². The summed E-state index contributed by atoms with van der Waals surface area (Å²) in [5.41, 5.74) is 6.71. The molecule has 0 radical (unpaired) electrons. The van der Waals surface area contributed by atoms with Gasteiger partial charge in [0.2, 0.25) is 5.91 Å². The Morgan fingerprint density at radius 1 is 1.50 bits per heavy atom. The second kappa shape index (κ2) is 6.01. The van der Waals surface area contributed by atoms with Gasteiger partial charge in [-0.3, -0.25) is 4.79 Å². The summed E-state index contributed by atoms with van der Waals surface area (Å²) in [6.07, 6.45) is 0.647. The maximum atomic E-state index is 11.6. The average Bonchev–Trinajstić information content (AvgIpc) is 2.28. The van der Waals surface area contributed by atoms with Gasteiger partial charge in [-0.15, -0.1) is 0 Å². The van der Waals surface area contributed by atoms with E-state index in [9.17, 15) is 4.79 Å². The van der Waals surface area contributed by atoms with Crippen molar-refractivity contribution >= 4 is 21.8 Å². The number of nitrogens with two attached hydrogens (primary N) is 1. The molecule has 0 aliphatic rings. The van der Waals surface area contributed by atoms with Crippen molar-refractivity contribution < 1.29 is 4.79 Å². The summed E-state index contributed by atoms with van der Waals surface area (Å²) in [4.78, 5) is 11.6. The molecule has 1 aromatic rings. The fourth-order valence-electron chi connectivity index (χ4n) is 1.41. The standard InChI is InChI=1S/C12H17BrN2O/c1-3-11(14)12(16)15-8(2)9-6-4-5-7-10(9)13/h4-8,11H,3,14H2,1-2H3,(H,15,16)/t8-,11+/m1/s1. The summed E-state index contributed by atoms with van der Waals surface area (Å²) >= 11 is 3.46. The smallest absolute Gasteiger partial charge is 0.237 e. The Labute approximate surface area is 105 Å². The first-order valence-corrected chi connectivity index (χ1v) is 6.16. The van der Waals surface area contributed by atoms with Gasteiger partial charge in [0.05, 0.1) is 12.1 Å². The highest BCUT2D eigenvalue weighted by atomic mass is 79.9. The molecule has 0 spiro atoms. The highest BCUT2D eigenvalue weighted by Gasteiger charge is 2.15. The first kappa shape index (κ1) is 13.2. The van der Waals surface area contributed by atoms with Crippen LogP contribution in [0.4, 0.5) is 0 Å². The molecule has 3 nitrogen and oxygen atoms in total. The first-order chi connectivity index (χ1) is 7.56. The van der Waals surface area contributed by atoms with Gasteiger partial charge in [0.15, 0.2) is 0 Å². The summed E-state index contributed by atoms with van der Waals surface area (Å²) in [5, 5.41) is 2.89. The molecule has 2 atom stereocenters. The number of amides is 1. The number of halogens is 1. The van der Waals surface area contributed by atoms with E-state index < -0.39 is 6.04 Å². The monoisotopic (exact) mass is 284 g/mol. The van der Waals surface area contributed by atoms with E-state index in [0.29, 0.717) is 6.42 Å². The fourth-order valence-corrected chi connectivity index (χ4v) is 2.04. The number of hydrogen-bond acceptors (Lipinski definition) is 2. The largest absolute Gasteiger partial charge is 0.348 e. The van der Waals surface area contributed by atoms with Crippen LogP contribution in [0.5, 0.6) is 0 Å². The summed E-state index contributed by atoms with van der Waals surface area (Å²) in [5.74, 6) is -0.106. The molecule has 0 aliphatic carbocycles. The van der Waals surface area contributed by atoms with Crippen LogP contribution in [0.15, 0.2) is 28.7 Å². The maximum Gasteiger partial charge on any atom is 0.237 e. The Balaban J connectivity index is 2.69. The summed E-state index contributed by atoms with van der Waals surface area (Å²) < 4.78 is 0.993. The van der Waals surface area contributed by atoms with Crippen molar-refractivity contribution in [1.82, 2.24) is 5.32 Å². The highest BCUT2D eigenvalue weighted by Crippen LogP contribution is 2.22. The van der Waals surface area contributed by atoms with Gasteiger partial charge in [0, 0.05) is 4.47 Å². The zero-order valence-corrected chi connectivity index (χ0v) is 11.1. The van der Waals surface area contributed by atoms with E-state index in [2.05, 4.69) is 21.2 Å². The second-order valence-corrected chi connectivity index (χ2v) is 4.62. The van der Waals surface area contributed by atoms with Crippen molar-refractivity contribution in [1.29, 1.82) is 0 Å². The molecule has 3 N–H and O–H groups in total. The van der Waals surface area contributed by atoms with Crippen LogP contribution in [0.25, 0.3) is 0 Å². The van der Waals surface area contributed by atoms with Gasteiger partial charge >= 0.3 is 0 Å². The van der Waals surface area contributed by atoms with Crippen LogP contribution < -0.4 is 11.1 Å². The molecule has 0 saturated carbocycles. The van der Waals surface area contributed by atoms with Gasteiger partial charge in [0.25, 0.3) is 0 Å². The van der Waals surface area contributed by atoms with Crippen molar-refractivity contribution in [3.8, 4) is 0 Å². The molecule has 0 heterocycles. The van der Waals surface area contributed by atoms with Crippen molar-refractivity contribution in [3.63, 3.8) is 0 Å². The molecular formula is C12H17BrN2O. The third-order valence-electron chi connectivity index (χ3n) is 2.51. The molecule has 4 heteroatoms. The molecule has 0 fully saturated rings. The third-order valence-corrected chi connectivity index (χ3v) is 3.23. The number of carbonyl (C=O) groups is 1. The number of rotatable bonds is 4. The quantitative estimate of drug-likeness (QED) is 0.892. The molecule has 0 aliphatic heterocycles. The summed E-state index contributed by atoms with van der Waals surface area (Å²) in [7, 11) is 0. The Morgan fingerprint density at radius 3 is 2.69 bits per heavy atom. The molecule has 0 unspecified atom stereocenters. The van der Waals surface area contributed by atoms with Crippen molar-refractivity contribution in [2.45, 2.75) is 32.4 Å². The van der Waals surface area contributed by atoms with Crippen LogP contribution in [-0.4, -0.2) is 11.9 Å². The molecule has 16 heavy (non-hydrogen) atoms. The lowest BCUT2D eigenvalue weighted by Crippen LogP contribution is -2.41. The van der Waals surface area contributed by atoms with Crippen LogP contribution in [0.2, 0.25) is 0 Å². The van der Waals surface area contributed by atoms with Gasteiger partial charge in [-0.2, -0.15) is 0 Å². The lowest BCUT2D eigenvalue weighted by atomic mass is 10.1. The number of nitrogens with one attached hydrogen (secondary N) is 1. The average molecular weight is 285 g/mol. The van der Waals surface area contributed by atoms with E-state index in [0.717, 1.165) is 10.0 Å². The van der Waals surface area contributed by atoms with E-state index in [-0.39, 0.29) is 11.9 Å². The summed E-state index contributed by atoms with van der Waals surface area (Å²) in [6.45, 7) is 3.84. The molecule has 88 valence electrons. The molecule has 0 bridgehead atoms. The molecule has 1 aromatic carbocycles. The normalized spacial score (nSPS) is 14.2. The Bertz CT molecular complexity index is 368. The van der Waals surface area contributed by atoms with E-state index in [1.54, 1.807) is 0 Å². The molecule has 0 aromatic heterocycles. The Kier molecular flexibility index (Phi) is 4.96. The minimum atomic E-state index is -0.426. The van der Waals surface area contributed by atoms with Gasteiger partial charge in [-0.05, 0) is 25.0 Å². The molecule has 0 saturated heterocycles. The zero-order chi connectivity index (χ0) is 12.1. The Hall–Kier alpha value is -0.870. The number of benzene rings is 1. The topological polar surface area (TPSA) is 55.1 Å². The fraction of sp³-hybridized carbons (Fsp3) is 0.417. The number of hydrogen-bond donors (Lipinski definition) is 2. The van der Waals surface area contributed by atoms with Crippen LogP contribution in [0, 0.1) is 0 Å². The first-order valence-electron chi connectivity index (χ1n) is 5.36. The van der Waals surface area contributed by atoms with Gasteiger partial charge in [0.1, 0.15) is 0 Å².